The summed E-state index contributed by atoms with van der Waals surface area (Å²) in [5.74, 6) is 3.67. The minimum absolute atomic E-state index is 0.247. The lowest BCUT2D eigenvalue weighted by atomic mass is 9.84. The lowest BCUT2D eigenvalue weighted by molar-refractivity contribution is 0.316. The summed E-state index contributed by atoms with van der Waals surface area (Å²) < 4.78 is 0. The predicted molar refractivity (Wildman–Crippen MR) is 75.7 cm³/mol. The SMILES string of the molecule is CC(=N)SC[C@H]1CC[C@@H](CSC(=N)N)CC1. The van der Waals surface area contributed by atoms with Crippen molar-refractivity contribution in [2.24, 2.45) is 17.6 Å². The van der Waals surface area contributed by atoms with Gasteiger partial charge in [0.1, 0.15) is 0 Å². The van der Waals surface area contributed by atoms with Crippen molar-refractivity contribution >= 4 is 33.7 Å². The lowest BCUT2D eigenvalue weighted by Crippen LogP contribution is -2.19. The van der Waals surface area contributed by atoms with Crippen LogP contribution in [0.25, 0.3) is 0 Å². The summed E-state index contributed by atoms with van der Waals surface area (Å²) in [6.07, 6.45) is 5.10. The van der Waals surface area contributed by atoms with E-state index in [9.17, 15) is 0 Å². The van der Waals surface area contributed by atoms with Crippen molar-refractivity contribution in [3.8, 4) is 0 Å². The van der Waals surface area contributed by atoms with Gasteiger partial charge >= 0.3 is 0 Å². The second kappa shape index (κ2) is 7.22. The van der Waals surface area contributed by atoms with Gasteiger partial charge < -0.3 is 5.73 Å². The Bertz CT molecular complexity index is 222. The standard InChI is InChI=1S/C11H21N3S2/c1-8(12)15-6-9-2-4-10(5-3-9)7-16-11(13)14/h9-10,12H,2-7H2,1H3,(H3,13,14)/t9-,10+. The molecule has 1 aliphatic rings. The molecular weight excluding hydrogens is 238 g/mol. The molecule has 5 heteroatoms. The van der Waals surface area contributed by atoms with Gasteiger partial charge in [-0.15, -0.1) is 11.8 Å². The number of hydrogen-bond donors (Lipinski definition) is 3. The molecule has 0 unspecified atom stereocenters. The van der Waals surface area contributed by atoms with E-state index in [1.54, 1.807) is 11.8 Å². The van der Waals surface area contributed by atoms with Crippen molar-refractivity contribution in [3.05, 3.63) is 0 Å². The first-order chi connectivity index (χ1) is 7.58. The van der Waals surface area contributed by atoms with E-state index in [-0.39, 0.29) is 5.17 Å². The first-order valence-corrected chi connectivity index (χ1v) is 7.69. The van der Waals surface area contributed by atoms with Crippen LogP contribution < -0.4 is 5.73 Å². The van der Waals surface area contributed by atoms with Crippen molar-refractivity contribution in [1.82, 2.24) is 0 Å². The molecule has 0 saturated heterocycles. The van der Waals surface area contributed by atoms with Gasteiger partial charge in [0, 0.05) is 11.5 Å². The zero-order valence-electron chi connectivity index (χ0n) is 9.79. The van der Waals surface area contributed by atoms with E-state index in [4.69, 9.17) is 16.6 Å². The third-order valence-corrected chi connectivity index (χ3v) is 5.00. The maximum absolute atomic E-state index is 7.39. The van der Waals surface area contributed by atoms with E-state index in [0.29, 0.717) is 0 Å². The van der Waals surface area contributed by atoms with Crippen LogP contribution >= 0.6 is 23.5 Å². The molecule has 1 rings (SSSR count). The fourth-order valence-electron chi connectivity index (χ4n) is 2.02. The van der Waals surface area contributed by atoms with Gasteiger partial charge in [-0.2, -0.15) is 0 Å². The number of nitrogens with one attached hydrogen (secondary N) is 2. The van der Waals surface area contributed by atoms with Crippen LogP contribution in [-0.4, -0.2) is 21.7 Å². The molecule has 1 fully saturated rings. The van der Waals surface area contributed by atoms with Gasteiger partial charge in [0.2, 0.25) is 0 Å². The Labute approximate surface area is 106 Å². The van der Waals surface area contributed by atoms with Gasteiger partial charge in [0.15, 0.2) is 5.17 Å². The predicted octanol–water partition coefficient (Wildman–Crippen LogP) is 3.15. The topological polar surface area (TPSA) is 73.7 Å². The van der Waals surface area contributed by atoms with Crippen LogP contribution in [0.4, 0.5) is 0 Å². The highest BCUT2D eigenvalue weighted by Gasteiger charge is 2.21. The molecule has 3 nitrogen and oxygen atoms in total. The summed E-state index contributed by atoms with van der Waals surface area (Å²) in [6, 6.07) is 0. The highest BCUT2D eigenvalue weighted by atomic mass is 32.2. The first kappa shape index (κ1) is 13.9. The fraction of sp³-hybridized carbons (Fsp3) is 0.818. The maximum atomic E-state index is 7.39. The lowest BCUT2D eigenvalue weighted by Gasteiger charge is -2.27. The van der Waals surface area contributed by atoms with Gasteiger partial charge in [-0.1, -0.05) is 11.8 Å². The van der Waals surface area contributed by atoms with E-state index in [2.05, 4.69) is 0 Å². The zero-order chi connectivity index (χ0) is 12.0. The van der Waals surface area contributed by atoms with Gasteiger partial charge in [-0.05, 0) is 44.4 Å². The molecular formula is C11H21N3S2. The molecule has 1 aliphatic carbocycles. The van der Waals surface area contributed by atoms with Gasteiger partial charge in [-0.25, -0.2) is 0 Å². The van der Waals surface area contributed by atoms with Crippen LogP contribution in [0.2, 0.25) is 0 Å². The largest absolute Gasteiger partial charge is 0.379 e. The number of rotatable bonds is 4. The minimum atomic E-state index is 0.247. The Hall–Kier alpha value is -0.160. The number of amidine groups is 1. The maximum Gasteiger partial charge on any atom is 0.151 e. The van der Waals surface area contributed by atoms with Gasteiger partial charge in [-0.3, -0.25) is 10.8 Å². The molecule has 92 valence electrons. The highest BCUT2D eigenvalue weighted by Crippen LogP contribution is 2.32. The van der Waals surface area contributed by atoms with Crippen molar-refractivity contribution in [3.63, 3.8) is 0 Å². The number of nitrogens with two attached hydrogens (primary N) is 1. The normalized spacial score (nSPS) is 25.3. The first-order valence-electron chi connectivity index (χ1n) is 5.72. The highest BCUT2D eigenvalue weighted by molar-refractivity contribution is 8.13. The molecule has 0 bridgehead atoms. The summed E-state index contributed by atoms with van der Waals surface area (Å²) in [5, 5.41) is 15.5. The van der Waals surface area contributed by atoms with Crippen molar-refractivity contribution in [2.45, 2.75) is 32.6 Å². The Morgan fingerprint density at radius 3 is 1.88 bits per heavy atom. The third-order valence-electron chi connectivity index (χ3n) is 2.98. The zero-order valence-corrected chi connectivity index (χ0v) is 11.4. The fourth-order valence-corrected chi connectivity index (χ4v) is 3.58. The molecule has 0 aromatic rings. The van der Waals surface area contributed by atoms with E-state index < -0.39 is 0 Å². The molecule has 0 radical (unpaired) electrons. The summed E-state index contributed by atoms with van der Waals surface area (Å²) in [7, 11) is 0. The van der Waals surface area contributed by atoms with Crippen molar-refractivity contribution in [1.29, 1.82) is 10.8 Å². The van der Waals surface area contributed by atoms with Crippen LogP contribution in [-0.2, 0) is 0 Å². The molecule has 0 amide bonds. The third kappa shape index (κ3) is 5.80. The Kier molecular flexibility index (Phi) is 6.28. The van der Waals surface area contributed by atoms with Crippen LogP contribution in [0, 0.1) is 22.7 Å². The smallest absolute Gasteiger partial charge is 0.151 e. The molecule has 0 aromatic carbocycles. The molecule has 0 spiro atoms. The van der Waals surface area contributed by atoms with E-state index in [0.717, 1.165) is 28.4 Å². The molecule has 16 heavy (non-hydrogen) atoms. The van der Waals surface area contributed by atoms with Gasteiger partial charge in [0.25, 0.3) is 0 Å². The Balaban J connectivity index is 2.13. The molecule has 0 atom stereocenters. The second-order valence-electron chi connectivity index (χ2n) is 4.43. The van der Waals surface area contributed by atoms with Gasteiger partial charge in [0.05, 0.1) is 5.04 Å². The average Bonchev–Trinajstić information content (AvgIpc) is 2.25. The van der Waals surface area contributed by atoms with Crippen LogP contribution in [0.5, 0.6) is 0 Å². The Morgan fingerprint density at radius 2 is 1.50 bits per heavy atom. The molecule has 0 heterocycles. The summed E-state index contributed by atoms with van der Waals surface area (Å²) in [6.45, 7) is 1.86. The second-order valence-corrected chi connectivity index (χ2v) is 6.73. The number of hydrogen-bond acceptors (Lipinski definition) is 4. The minimum Gasteiger partial charge on any atom is -0.379 e. The van der Waals surface area contributed by atoms with Crippen LogP contribution in [0.1, 0.15) is 32.6 Å². The average molecular weight is 259 g/mol. The van der Waals surface area contributed by atoms with Crippen molar-refractivity contribution in [2.75, 3.05) is 11.5 Å². The summed E-state index contributed by atoms with van der Waals surface area (Å²) in [4.78, 5) is 0. The Morgan fingerprint density at radius 1 is 1.06 bits per heavy atom. The molecule has 0 aromatic heterocycles. The van der Waals surface area contributed by atoms with E-state index in [1.807, 2.05) is 6.92 Å². The summed E-state index contributed by atoms with van der Waals surface area (Å²) >= 11 is 3.16. The monoisotopic (exact) mass is 259 g/mol. The molecule has 1 saturated carbocycles. The van der Waals surface area contributed by atoms with Crippen molar-refractivity contribution < 1.29 is 0 Å². The van der Waals surface area contributed by atoms with Crippen LogP contribution in [0.15, 0.2) is 0 Å². The summed E-state index contributed by atoms with van der Waals surface area (Å²) in [5.41, 5.74) is 5.34. The van der Waals surface area contributed by atoms with Crippen LogP contribution in [0.3, 0.4) is 0 Å². The number of thioether (sulfide) groups is 2. The molecule has 0 aliphatic heterocycles. The van der Waals surface area contributed by atoms with E-state index in [1.165, 1.54) is 37.4 Å². The quantitative estimate of drug-likeness (QED) is 0.536. The van der Waals surface area contributed by atoms with E-state index >= 15 is 0 Å². The molecule has 4 N–H and O–H groups in total.